The van der Waals surface area contributed by atoms with E-state index in [4.69, 9.17) is 16.3 Å². The Labute approximate surface area is 163 Å². The molecular weight excluding hydrogens is 390 g/mol. The predicted molar refractivity (Wildman–Crippen MR) is 104 cm³/mol. The van der Waals surface area contributed by atoms with E-state index in [2.05, 4.69) is 5.32 Å². The lowest BCUT2D eigenvalue weighted by Crippen LogP contribution is -2.30. The molecule has 1 N–H and O–H groups in total. The van der Waals surface area contributed by atoms with Crippen molar-refractivity contribution in [2.75, 3.05) is 11.6 Å². The van der Waals surface area contributed by atoms with Gasteiger partial charge in [0.25, 0.3) is 5.91 Å². The lowest BCUT2D eigenvalue weighted by atomic mass is 10.1. The van der Waals surface area contributed by atoms with Crippen LogP contribution in [-0.4, -0.2) is 32.7 Å². The number of benzene rings is 2. The molecule has 0 aliphatic heterocycles. The molecule has 1 amide bonds. The Kier molecular flexibility index (Phi) is 6.28. The predicted octanol–water partition coefficient (Wildman–Crippen LogP) is 3.54. The van der Waals surface area contributed by atoms with E-state index < -0.39 is 27.8 Å². The molecule has 2 aromatic rings. The summed E-state index contributed by atoms with van der Waals surface area (Å²) in [4.78, 5) is 24.5. The van der Waals surface area contributed by atoms with Crippen LogP contribution in [0.25, 0.3) is 0 Å². The fraction of sp³-hybridized carbons (Fsp3) is 0.263. The summed E-state index contributed by atoms with van der Waals surface area (Å²) in [5, 5.41) is 2.76. The van der Waals surface area contributed by atoms with E-state index in [1.807, 2.05) is 32.0 Å². The molecule has 2 rings (SSSR count). The molecule has 0 bridgehead atoms. The molecule has 1 atom stereocenters. The van der Waals surface area contributed by atoms with Gasteiger partial charge in [-0.3, -0.25) is 4.79 Å². The second kappa shape index (κ2) is 8.10. The largest absolute Gasteiger partial charge is 0.449 e. The fourth-order valence-corrected chi connectivity index (χ4v) is 3.73. The number of para-hydroxylation sites is 1. The molecule has 0 aliphatic rings. The van der Waals surface area contributed by atoms with Crippen molar-refractivity contribution < 1.29 is 22.7 Å². The maximum Gasteiger partial charge on any atom is 0.338 e. The average Bonchev–Trinajstić information content (AvgIpc) is 2.57. The number of hydrogen-bond donors (Lipinski definition) is 1. The molecule has 0 aromatic heterocycles. The molecule has 0 spiro atoms. The van der Waals surface area contributed by atoms with Gasteiger partial charge in [-0.2, -0.15) is 0 Å². The van der Waals surface area contributed by atoms with Crippen LogP contribution in [0, 0.1) is 13.8 Å². The molecule has 27 heavy (non-hydrogen) atoms. The second-order valence-corrected chi connectivity index (χ2v) is 8.61. The number of rotatable bonds is 5. The number of anilines is 1. The van der Waals surface area contributed by atoms with Crippen LogP contribution in [0.15, 0.2) is 41.3 Å². The van der Waals surface area contributed by atoms with Gasteiger partial charge >= 0.3 is 5.97 Å². The van der Waals surface area contributed by atoms with Gasteiger partial charge in [0.1, 0.15) is 0 Å². The quantitative estimate of drug-likeness (QED) is 0.763. The lowest BCUT2D eigenvalue weighted by molar-refractivity contribution is -0.123. The van der Waals surface area contributed by atoms with Crippen LogP contribution in [0.1, 0.15) is 28.4 Å². The van der Waals surface area contributed by atoms with Crippen molar-refractivity contribution in [2.24, 2.45) is 0 Å². The minimum atomic E-state index is -3.60. The average molecular weight is 410 g/mol. The Morgan fingerprint density at radius 1 is 1.11 bits per heavy atom. The van der Waals surface area contributed by atoms with Crippen LogP contribution in [0.5, 0.6) is 0 Å². The molecule has 6 nitrogen and oxygen atoms in total. The highest BCUT2D eigenvalue weighted by atomic mass is 35.5. The van der Waals surface area contributed by atoms with Gasteiger partial charge in [-0.05, 0) is 50.1 Å². The van der Waals surface area contributed by atoms with Gasteiger partial charge in [-0.25, -0.2) is 13.2 Å². The third kappa shape index (κ3) is 5.08. The number of ether oxygens (including phenoxy) is 1. The topological polar surface area (TPSA) is 89.5 Å². The number of sulfone groups is 1. The van der Waals surface area contributed by atoms with Crippen molar-refractivity contribution in [3.8, 4) is 0 Å². The van der Waals surface area contributed by atoms with Gasteiger partial charge in [-0.15, -0.1) is 0 Å². The Morgan fingerprint density at radius 3 is 2.26 bits per heavy atom. The van der Waals surface area contributed by atoms with Gasteiger partial charge in [0.05, 0.1) is 15.5 Å². The van der Waals surface area contributed by atoms with Crippen LogP contribution >= 0.6 is 11.6 Å². The monoisotopic (exact) mass is 409 g/mol. The Bertz CT molecular complexity index is 981. The van der Waals surface area contributed by atoms with Gasteiger partial charge in [0, 0.05) is 11.9 Å². The summed E-state index contributed by atoms with van der Waals surface area (Å²) in [5.74, 6) is -1.31. The molecule has 0 fully saturated rings. The highest BCUT2D eigenvalue weighted by molar-refractivity contribution is 7.90. The van der Waals surface area contributed by atoms with E-state index in [0.29, 0.717) is 5.69 Å². The van der Waals surface area contributed by atoms with Crippen LogP contribution in [0.3, 0.4) is 0 Å². The Morgan fingerprint density at radius 2 is 1.70 bits per heavy atom. The van der Waals surface area contributed by atoms with Crippen molar-refractivity contribution in [2.45, 2.75) is 31.8 Å². The van der Waals surface area contributed by atoms with E-state index in [9.17, 15) is 18.0 Å². The maximum absolute atomic E-state index is 12.4. The van der Waals surface area contributed by atoms with E-state index >= 15 is 0 Å². The van der Waals surface area contributed by atoms with Crippen LogP contribution in [0.4, 0.5) is 5.69 Å². The number of esters is 1. The number of aryl methyl sites for hydroxylation is 2. The number of halogens is 1. The first kappa shape index (κ1) is 20.9. The molecule has 0 unspecified atom stereocenters. The van der Waals surface area contributed by atoms with Crippen LogP contribution < -0.4 is 5.32 Å². The summed E-state index contributed by atoms with van der Waals surface area (Å²) < 4.78 is 28.6. The van der Waals surface area contributed by atoms with E-state index in [1.165, 1.54) is 19.1 Å². The van der Waals surface area contributed by atoms with Gasteiger partial charge < -0.3 is 10.1 Å². The molecule has 8 heteroatoms. The van der Waals surface area contributed by atoms with E-state index in [0.717, 1.165) is 23.4 Å². The first-order valence-electron chi connectivity index (χ1n) is 8.08. The standard InChI is InChI=1S/C19H20ClNO5S/c1-11-6-5-7-12(2)17(11)21-18(22)13(3)26-19(23)14-8-9-15(20)16(10-14)27(4,24)25/h5-10,13H,1-4H3,(H,21,22)/t13-/m1/s1. The van der Waals surface area contributed by atoms with Gasteiger partial charge in [0.2, 0.25) is 0 Å². The smallest absolute Gasteiger partial charge is 0.338 e. The summed E-state index contributed by atoms with van der Waals surface area (Å²) in [7, 11) is -3.60. The van der Waals surface area contributed by atoms with Crippen LogP contribution in [-0.2, 0) is 19.4 Å². The number of amides is 1. The van der Waals surface area contributed by atoms with Gasteiger partial charge in [-0.1, -0.05) is 29.8 Å². The second-order valence-electron chi connectivity index (χ2n) is 6.22. The minimum Gasteiger partial charge on any atom is -0.449 e. The third-order valence-corrected chi connectivity index (χ3v) is 5.53. The zero-order chi connectivity index (χ0) is 20.4. The summed E-state index contributed by atoms with van der Waals surface area (Å²) in [6, 6.07) is 9.38. The van der Waals surface area contributed by atoms with Gasteiger partial charge in [0.15, 0.2) is 15.9 Å². The molecule has 2 aromatic carbocycles. The van der Waals surface area contributed by atoms with Crippen molar-refractivity contribution in [3.63, 3.8) is 0 Å². The first-order valence-corrected chi connectivity index (χ1v) is 10.4. The van der Waals surface area contributed by atoms with E-state index in [-0.39, 0.29) is 15.5 Å². The summed E-state index contributed by atoms with van der Waals surface area (Å²) in [6.07, 6.45) is -0.0851. The summed E-state index contributed by atoms with van der Waals surface area (Å²) in [6.45, 7) is 5.16. The number of carbonyl (C=O) groups is 2. The first-order chi connectivity index (χ1) is 12.5. The van der Waals surface area contributed by atoms with Crippen molar-refractivity contribution >= 4 is 39.0 Å². The van der Waals surface area contributed by atoms with E-state index in [1.54, 1.807) is 0 Å². The molecule has 0 radical (unpaired) electrons. The normalized spacial score (nSPS) is 12.3. The maximum atomic E-state index is 12.4. The van der Waals surface area contributed by atoms with Crippen molar-refractivity contribution in [1.29, 1.82) is 0 Å². The summed E-state index contributed by atoms with van der Waals surface area (Å²) >= 11 is 5.87. The molecular formula is C19H20ClNO5S. The Balaban J connectivity index is 2.15. The molecule has 0 saturated carbocycles. The molecule has 0 heterocycles. The molecule has 0 saturated heterocycles. The SMILES string of the molecule is Cc1cccc(C)c1NC(=O)[C@@H](C)OC(=O)c1ccc(Cl)c(S(C)(=O)=O)c1. The zero-order valence-electron chi connectivity index (χ0n) is 15.4. The highest BCUT2D eigenvalue weighted by Crippen LogP contribution is 2.23. The number of carbonyl (C=O) groups excluding carboxylic acids is 2. The number of nitrogens with one attached hydrogen (secondary N) is 1. The Hall–Kier alpha value is -2.38. The molecule has 0 aliphatic carbocycles. The summed E-state index contributed by atoms with van der Waals surface area (Å²) in [5.41, 5.74) is 2.43. The number of hydrogen-bond acceptors (Lipinski definition) is 5. The fourth-order valence-electron chi connectivity index (χ4n) is 2.43. The van der Waals surface area contributed by atoms with Crippen molar-refractivity contribution in [1.82, 2.24) is 0 Å². The lowest BCUT2D eigenvalue weighted by Gasteiger charge is -2.16. The van der Waals surface area contributed by atoms with Crippen LogP contribution in [0.2, 0.25) is 5.02 Å². The third-order valence-electron chi connectivity index (χ3n) is 3.95. The van der Waals surface area contributed by atoms with Crippen molar-refractivity contribution in [3.05, 3.63) is 58.1 Å². The minimum absolute atomic E-state index is 0.00783. The highest BCUT2D eigenvalue weighted by Gasteiger charge is 2.22. The molecule has 144 valence electrons. The zero-order valence-corrected chi connectivity index (χ0v) is 16.9.